The quantitative estimate of drug-likeness (QED) is 0.151. The average molecular weight is 638 g/mol. The van der Waals surface area contributed by atoms with Crippen LogP contribution >= 0.6 is 15.9 Å². The summed E-state index contributed by atoms with van der Waals surface area (Å²) in [5.41, 5.74) is 4.29. The summed E-state index contributed by atoms with van der Waals surface area (Å²) < 4.78 is 14.9. The summed E-state index contributed by atoms with van der Waals surface area (Å²) in [4.78, 5) is 52.3. The second-order valence-electron chi connectivity index (χ2n) is 10.2. The van der Waals surface area contributed by atoms with E-state index in [1.165, 1.54) is 24.3 Å². The van der Waals surface area contributed by atoms with Gasteiger partial charge >= 0.3 is 6.03 Å². The Bertz CT molecular complexity index is 1810. The number of rotatable bonds is 7. The number of para-hydroxylation sites is 2. The molecule has 0 aliphatic carbocycles. The van der Waals surface area contributed by atoms with Crippen LogP contribution in [0.5, 0.6) is 0 Å². The Morgan fingerprint density at radius 2 is 1.42 bits per heavy atom. The Hall–Kier alpha value is -4.89. The van der Waals surface area contributed by atoms with Crippen LogP contribution in [-0.4, -0.2) is 35.1 Å². The van der Waals surface area contributed by atoms with Crippen molar-refractivity contribution in [2.45, 2.75) is 13.3 Å². The molecule has 0 atom stereocenters. The molecule has 1 aliphatic rings. The molecule has 0 radical (unpaired) electrons. The van der Waals surface area contributed by atoms with Crippen molar-refractivity contribution in [3.05, 3.63) is 130 Å². The summed E-state index contributed by atoms with van der Waals surface area (Å²) in [6, 6.07) is 27.7. The first kappa shape index (κ1) is 28.2. The zero-order chi connectivity index (χ0) is 30.1. The fourth-order valence-electron chi connectivity index (χ4n) is 5.45. The van der Waals surface area contributed by atoms with Gasteiger partial charge in [-0.1, -0.05) is 64.5 Å². The summed E-state index contributed by atoms with van der Waals surface area (Å²) in [5.74, 6) is -3.34. The molecule has 0 saturated carbocycles. The lowest BCUT2D eigenvalue weighted by atomic mass is 9.91. The van der Waals surface area contributed by atoms with Crippen LogP contribution in [0.25, 0.3) is 10.9 Å². The predicted octanol–water partition coefficient (Wildman–Crippen LogP) is 7.23. The van der Waals surface area contributed by atoms with Crippen molar-refractivity contribution >= 4 is 61.8 Å². The van der Waals surface area contributed by atoms with Gasteiger partial charge in [-0.25, -0.2) is 19.0 Å². The minimum Gasteiger partial charge on any atom is -0.358 e. The maximum absolute atomic E-state index is 14.2. The molecule has 1 aliphatic heterocycles. The van der Waals surface area contributed by atoms with Crippen LogP contribution in [0, 0.1) is 18.7 Å². The Morgan fingerprint density at radius 3 is 2.00 bits per heavy atom. The van der Waals surface area contributed by atoms with Crippen molar-refractivity contribution in [3.63, 3.8) is 0 Å². The third-order valence-corrected chi connectivity index (χ3v) is 7.98. The van der Waals surface area contributed by atoms with Gasteiger partial charge in [0.25, 0.3) is 11.8 Å². The molecule has 1 N–H and O–H groups in total. The van der Waals surface area contributed by atoms with Gasteiger partial charge in [-0.2, -0.15) is 0 Å². The lowest BCUT2D eigenvalue weighted by molar-refractivity contribution is -0.129. The number of aromatic nitrogens is 1. The number of fused-ring (bicyclic) bond motifs is 1. The third kappa shape index (κ3) is 5.39. The second-order valence-corrected chi connectivity index (χ2v) is 11.1. The van der Waals surface area contributed by atoms with E-state index in [2.05, 4.69) is 20.9 Å². The first-order valence-electron chi connectivity index (χ1n) is 13.7. The van der Waals surface area contributed by atoms with Gasteiger partial charge in [0.05, 0.1) is 17.1 Å². The van der Waals surface area contributed by atoms with Crippen LogP contribution in [0.1, 0.15) is 16.8 Å². The number of barbiturate groups is 1. The van der Waals surface area contributed by atoms with Gasteiger partial charge in [-0.15, -0.1) is 0 Å². The minimum atomic E-state index is -1.44. The van der Waals surface area contributed by atoms with E-state index >= 15 is 0 Å². The van der Waals surface area contributed by atoms with E-state index in [1.54, 1.807) is 60.7 Å². The number of imide groups is 2. The normalized spacial score (nSPS) is 14.7. The van der Waals surface area contributed by atoms with Crippen molar-refractivity contribution in [1.29, 1.82) is 0 Å². The van der Waals surface area contributed by atoms with Crippen LogP contribution in [0.2, 0.25) is 0 Å². The van der Waals surface area contributed by atoms with Gasteiger partial charge in [-0.3, -0.25) is 14.6 Å². The maximum Gasteiger partial charge on any atom is 0.342 e. The molecule has 7 nitrogen and oxygen atoms in total. The number of urea groups is 1. The highest BCUT2D eigenvalue weighted by molar-refractivity contribution is 9.10. The van der Waals surface area contributed by atoms with E-state index in [0.717, 1.165) is 36.4 Å². The number of benzene rings is 4. The lowest BCUT2D eigenvalue weighted by Crippen LogP contribution is -2.62. The third-order valence-electron chi connectivity index (χ3n) is 7.48. The largest absolute Gasteiger partial charge is 0.358 e. The number of halogens is 2. The molecule has 9 heteroatoms. The van der Waals surface area contributed by atoms with E-state index in [9.17, 15) is 18.8 Å². The number of aliphatic imine (C=N–C) groups is 1. The number of anilines is 2. The number of H-pyrrole nitrogens is 1. The molecule has 43 heavy (non-hydrogen) atoms. The fraction of sp³-hybridized carbons (Fsp3) is 0.118. The van der Waals surface area contributed by atoms with Crippen molar-refractivity contribution in [2.24, 2.45) is 10.9 Å². The van der Waals surface area contributed by atoms with E-state index < -0.39 is 29.6 Å². The summed E-state index contributed by atoms with van der Waals surface area (Å²) in [6.45, 7) is 2.23. The number of nitrogens with one attached hydrogen (secondary N) is 1. The van der Waals surface area contributed by atoms with Crippen LogP contribution in [0.4, 0.5) is 20.6 Å². The molecule has 0 unspecified atom stereocenters. The van der Waals surface area contributed by atoms with Gasteiger partial charge in [0.1, 0.15) is 5.82 Å². The number of hydrogen-bond donors (Lipinski definition) is 1. The van der Waals surface area contributed by atoms with Crippen LogP contribution in [0.15, 0.2) is 113 Å². The van der Waals surface area contributed by atoms with Crippen LogP contribution in [-0.2, 0) is 16.0 Å². The molecule has 1 saturated heterocycles. The lowest BCUT2D eigenvalue weighted by Gasteiger charge is -2.37. The molecular formula is C34H26BrFN4O3. The molecule has 0 spiro atoms. The van der Waals surface area contributed by atoms with Gasteiger partial charge in [0, 0.05) is 27.6 Å². The highest BCUT2D eigenvalue weighted by atomic mass is 79.9. The number of nitrogens with zero attached hydrogens (tertiary/aromatic N) is 3. The molecule has 1 fully saturated rings. The molecule has 5 aromatic rings. The predicted molar refractivity (Wildman–Crippen MR) is 169 cm³/mol. The first-order chi connectivity index (χ1) is 20.8. The highest BCUT2D eigenvalue weighted by Crippen LogP contribution is 2.31. The monoisotopic (exact) mass is 636 g/mol. The summed E-state index contributed by atoms with van der Waals surface area (Å²) in [5, 5.41) is 1.05. The topological polar surface area (TPSA) is 85.8 Å². The Labute approximate surface area is 255 Å². The van der Waals surface area contributed by atoms with Gasteiger partial charge in [0.2, 0.25) is 0 Å². The molecular weight excluding hydrogens is 611 g/mol. The summed E-state index contributed by atoms with van der Waals surface area (Å²) >= 11 is 3.54. The summed E-state index contributed by atoms with van der Waals surface area (Å²) in [7, 11) is 0. The van der Waals surface area contributed by atoms with Gasteiger partial charge in [0.15, 0.2) is 5.92 Å². The fourth-order valence-corrected chi connectivity index (χ4v) is 5.81. The molecule has 214 valence electrons. The Balaban J connectivity index is 1.45. The number of carbonyl (C=O) groups excluding carboxylic acids is 3. The highest BCUT2D eigenvalue weighted by Gasteiger charge is 2.49. The van der Waals surface area contributed by atoms with Crippen molar-refractivity contribution in [3.8, 4) is 0 Å². The Morgan fingerprint density at radius 1 is 0.837 bits per heavy atom. The van der Waals surface area contributed by atoms with Crippen molar-refractivity contribution in [1.82, 2.24) is 4.98 Å². The standard InChI is InChI=1S/C34H26BrFN4O3/c1-21-27(28-20-23(35)14-17-29(28)38-21)18-19-37-31(22-12-15-24(36)16-13-22)30-32(41)39(25-8-4-2-5-9-25)34(43)40(33(30)42)26-10-6-3-7-11-26/h2-17,20,30,38H,18-19H2,1H3. The average Bonchev–Trinajstić information content (AvgIpc) is 3.31. The smallest absolute Gasteiger partial charge is 0.342 e. The number of hydrogen-bond acceptors (Lipinski definition) is 4. The first-order valence-corrected chi connectivity index (χ1v) is 14.5. The number of carbonyl (C=O) groups is 3. The van der Waals surface area contributed by atoms with Gasteiger partial charge in [-0.05, 0) is 79.1 Å². The second kappa shape index (κ2) is 11.8. The minimum absolute atomic E-state index is 0.169. The van der Waals surface area contributed by atoms with Crippen molar-refractivity contribution < 1.29 is 18.8 Å². The number of aromatic amines is 1. The van der Waals surface area contributed by atoms with Crippen molar-refractivity contribution in [2.75, 3.05) is 16.3 Å². The van der Waals surface area contributed by atoms with E-state index in [1.807, 2.05) is 25.1 Å². The zero-order valence-electron chi connectivity index (χ0n) is 23.1. The Kier molecular flexibility index (Phi) is 7.73. The van der Waals surface area contributed by atoms with E-state index in [4.69, 9.17) is 4.99 Å². The number of aryl methyl sites for hydroxylation is 1. The molecule has 2 heterocycles. The summed E-state index contributed by atoms with van der Waals surface area (Å²) in [6.07, 6.45) is 0.520. The number of amides is 4. The van der Waals surface area contributed by atoms with Crippen LogP contribution < -0.4 is 9.80 Å². The molecule has 1 aromatic heterocycles. The molecule has 0 bridgehead atoms. The molecule has 6 rings (SSSR count). The van der Waals surface area contributed by atoms with E-state index in [-0.39, 0.29) is 12.3 Å². The molecule has 4 amide bonds. The van der Waals surface area contributed by atoms with Crippen LogP contribution in [0.3, 0.4) is 0 Å². The van der Waals surface area contributed by atoms with E-state index in [0.29, 0.717) is 23.4 Å². The van der Waals surface area contributed by atoms with Gasteiger partial charge < -0.3 is 4.98 Å². The molecule has 4 aromatic carbocycles. The SMILES string of the molecule is Cc1[nH]c2ccc(Br)cc2c1CCN=C(c1ccc(F)cc1)C1C(=O)N(c2ccccc2)C(=O)N(c2ccccc2)C1=O. The maximum atomic E-state index is 14.2. The zero-order valence-corrected chi connectivity index (χ0v) is 24.7.